The molecule has 1 N–H and O–H groups in total. The van der Waals surface area contributed by atoms with Crippen LogP contribution in [0.4, 0.5) is 0 Å². The van der Waals surface area contributed by atoms with Crippen molar-refractivity contribution in [3.63, 3.8) is 0 Å². The number of ether oxygens (including phenoxy) is 1. The van der Waals surface area contributed by atoms with Gasteiger partial charge < -0.3 is 10.1 Å². The highest BCUT2D eigenvalue weighted by molar-refractivity contribution is 7.91. The molecule has 134 valence electrons. The van der Waals surface area contributed by atoms with Crippen molar-refractivity contribution in [2.75, 3.05) is 18.1 Å². The summed E-state index contributed by atoms with van der Waals surface area (Å²) >= 11 is 0. The number of amides is 2. The maximum atomic E-state index is 12.1. The van der Waals surface area contributed by atoms with E-state index in [1.807, 2.05) is 0 Å². The Morgan fingerprint density at radius 2 is 2.12 bits per heavy atom. The smallest absolute Gasteiger partial charge is 0.355 e. The minimum absolute atomic E-state index is 0.00493. The zero-order valence-electron chi connectivity index (χ0n) is 13.6. The van der Waals surface area contributed by atoms with E-state index in [9.17, 15) is 22.8 Å². The Hall–Kier alpha value is -1.97. The Morgan fingerprint density at radius 3 is 2.71 bits per heavy atom. The number of likely N-dealkylation sites (N-methyl/N-ethyl adjacent to an activating group) is 1. The highest BCUT2D eigenvalue weighted by atomic mass is 32.2. The molecule has 2 rings (SSSR count). The third kappa shape index (κ3) is 4.31. The first-order valence-electron chi connectivity index (χ1n) is 7.82. The van der Waals surface area contributed by atoms with Crippen molar-refractivity contribution in [1.82, 2.24) is 10.3 Å². The second-order valence-electron chi connectivity index (χ2n) is 5.78. The van der Waals surface area contributed by atoms with Crippen LogP contribution in [0.25, 0.3) is 0 Å². The predicted molar refractivity (Wildman–Crippen MR) is 84.8 cm³/mol. The normalized spacial score (nSPS) is 24.2. The van der Waals surface area contributed by atoms with E-state index < -0.39 is 33.9 Å². The molecule has 0 aromatic rings. The van der Waals surface area contributed by atoms with Crippen LogP contribution >= 0.6 is 0 Å². The number of esters is 1. The van der Waals surface area contributed by atoms with Gasteiger partial charge in [-0.25, -0.2) is 18.2 Å². The van der Waals surface area contributed by atoms with E-state index in [4.69, 9.17) is 4.74 Å². The number of carbonyl (C=O) groups excluding carboxylic acids is 3. The molecule has 0 aliphatic carbocycles. The second kappa shape index (κ2) is 7.29. The molecule has 1 fully saturated rings. The maximum absolute atomic E-state index is 12.1. The number of rotatable bonds is 5. The van der Waals surface area contributed by atoms with Gasteiger partial charge in [0.1, 0.15) is 5.71 Å². The fourth-order valence-corrected chi connectivity index (χ4v) is 4.26. The van der Waals surface area contributed by atoms with E-state index in [1.54, 1.807) is 6.92 Å². The molecule has 1 saturated heterocycles. The lowest BCUT2D eigenvalue weighted by atomic mass is 10.1. The molecule has 0 spiro atoms. The molecule has 2 aliphatic rings. The number of hydrogen-bond acceptors (Lipinski definition) is 7. The minimum Gasteiger partial charge on any atom is -0.448 e. The SMILES string of the molecule is CCNC(=O)[C@@H](C)OC(=O)C1=NN([C@@H]2CCS(=O)(=O)C2)C(=O)CC1. The van der Waals surface area contributed by atoms with Crippen LogP contribution in [0.1, 0.15) is 33.1 Å². The maximum Gasteiger partial charge on any atom is 0.355 e. The summed E-state index contributed by atoms with van der Waals surface area (Å²) in [6.07, 6.45) is -0.511. The van der Waals surface area contributed by atoms with Gasteiger partial charge in [-0.2, -0.15) is 5.10 Å². The number of hydrazone groups is 1. The largest absolute Gasteiger partial charge is 0.448 e. The Balaban J connectivity index is 2.07. The Morgan fingerprint density at radius 1 is 1.42 bits per heavy atom. The van der Waals surface area contributed by atoms with Crippen LogP contribution < -0.4 is 5.32 Å². The van der Waals surface area contributed by atoms with Gasteiger partial charge in [0, 0.05) is 19.4 Å². The van der Waals surface area contributed by atoms with Crippen LogP contribution in [0.15, 0.2) is 5.10 Å². The number of sulfone groups is 1. The fourth-order valence-electron chi connectivity index (χ4n) is 2.57. The number of carbonyl (C=O) groups is 3. The van der Waals surface area contributed by atoms with Crippen molar-refractivity contribution in [1.29, 1.82) is 0 Å². The summed E-state index contributed by atoms with van der Waals surface area (Å²) in [5.41, 5.74) is 0.0232. The number of hydrogen-bond donors (Lipinski definition) is 1. The summed E-state index contributed by atoms with van der Waals surface area (Å²) in [6.45, 7) is 3.61. The van der Waals surface area contributed by atoms with Crippen LogP contribution in [0.2, 0.25) is 0 Å². The predicted octanol–water partition coefficient (Wildman–Crippen LogP) is -0.780. The molecule has 0 bridgehead atoms. The molecule has 0 unspecified atom stereocenters. The van der Waals surface area contributed by atoms with E-state index in [0.717, 1.165) is 5.01 Å². The molecular formula is C14H21N3O6S. The molecule has 24 heavy (non-hydrogen) atoms. The summed E-state index contributed by atoms with van der Waals surface area (Å²) in [5, 5.41) is 7.62. The third-order valence-electron chi connectivity index (χ3n) is 3.85. The van der Waals surface area contributed by atoms with Crippen molar-refractivity contribution in [2.24, 2.45) is 5.10 Å². The van der Waals surface area contributed by atoms with Gasteiger partial charge in [-0.3, -0.25) is 9.59 Å². The summed E-state index contributed by atoms with van der Waals surface area (Å²) < 4.78 is 28.2. The molecule has 0 saturated carbocycles. The number of nitrogens with zero attached hydrogens (tertiary/aromatic N) is 2. The van der Waals surface area contributed by atoms with Gasteiger partial charge in [0.25, 0.3) is 5.91 Å². The highest BCUT2D eigenvalue weighted by Gasteiger charge is 2.37. The van der Waals surface area contributed by atoms with Crippen LogP contribution in [0, 0.1) is 0 Å². The highest BCUT2D eigenvalue weighted by Crippen LogP contribution is 2.22. The lowest BCUT2D eigenvalue weighted by Gasteiger charge is -2.27. The molecule has 0 radical (unpaired) electrons. The van der Waals surface area contributed by atoms with Crippen molar-refractivity contribution < 1.29 is 27.5 Å². The van der Waals surface area contributed by atoms with Gasteiger partial charge >= 0.3 is 5.97 Å². The first-order chi connectivity index (χ1) is 11.2. The van der Waals surface area contributed by atoms with Crippen molar-refractivity contribution in [3.05, 3.63) is 0 Å². The van der Waals surface area contributed by atoms with Gasteiger partial charge in [-0.1, -0.05) is 0 Å². The Labute approximate surface area is 140 Å². The van der Waals surface area contributed by atoms with E-state index in [1.165, 1.54) is 6.92 Å². The molecule has 0 aromatic carbocycles. The zero-order valence-corrected chi connectivity index (χ0v) is 14.5. The standard InChI is InChI=1S/C14H21N3O6S/c1-3-15-13(19)9(2)23-14(20)11-4-5-12(18)17(16-11)10-6-7-24(21,22)8-10/h9-10H,3-8H2,1-2H3,(H,15,19)/t9-,10-/m1/s1. The van der Waals surface area contributed by atoms with E-state index in [-0.39, 0.29) is 36.0 Å². The van der Waals surface area contributed by atoms with Gasteiger partial charge in [0.15, 0.2) is 15.9 Å². The lowest BCUT2D eigenvalue weighted by molar-refractivity contribution is -0.149. The molecule has 2 atom stereocenters. The van der Waals surface area contributed by atoms with Gasteiger partial charge in [0.05, 0.1) is 17.5 Å². The summed E-state index contributed by atoms with van der Waals surface area (Å²) in [5.74, 6) is -1.65. The minimum atomic E-state index is -3.17. The van der Waals surface area contributed by atoms with Gasteiger partial charge in [-0.15, -0.1) is 0 Å². The Bertz CT molecular complexity index is 672. The average molecular weight is 359 g/mol. The molecule has 9 nitrogen and oxygen atoms in total. The second-order valence-corrected chi connectivity index (χ2v) is 8.01. The summed E-state index contributed by atoms with van der Waals surface area (Å²) in [4.78, 5) is 35.7. The lowest BCUT2D eigenvalue weighted by Crippen LogP contribution is -2.43. The van der Waals surface area contributed by atoms with E-state index in [0.29, 0.717) is 13.0 Å². The molecular weight excluding hydrogens is 338 g/mol. The molecule has 2 amide bonds. The average Bonchev–Trinajstić information content (AvgIpc) is 2.87. The van der Waals surface area contributed by atoms with Crippen molar-refractivity contribution in [3.8, 4) is 0 Å². The first-order valence-corrected chi connectivity index (χ1v) is 9.64. The molecule has 2 aliphatic heterocycles. The zero-order chi connectivity index (χ0) is 17.9. The fraction of sp³-hybridized carbons (Fsp3) is 0.714. The van der Waals surface area contributed by atoms with Crippen LogP contribution in [-0.2, 0) is 29.0 Å². The quantitative estimate of drug-likeness (QED) is 0.643. The van der Waals surface area contributed by atoms with Gasteiger partial charge in [-0.05, 0) is 20.3 Å². The van der Waals surface area contributed by atoms with Gasteiger partial charge in [0.2, 0.25) is 5.91 Å². The third-order valence-corrected chi connectivity index (χ3v) is 5.60. The molecule has 2 heterocycles. The van der Waals surface area contributed by atoms with E-state index >= 15 is 0 Å². The molecule has 0 aromatic heterocycles. The van der Waals surface area contributed by atoms with E-state index in [2.05, 4.69) is 10.4 Å². The van der Waals surface area contributed by atoms with Crippen molar-refractivity contribution >= 4 is 33.3 Å². The monoisotopic (exact) mass is 359 g/mol. The Kier molecular flexibility index (Phi) is 5.58. The van der Waals surface area contributed by atoms with Crippen LogP contribution in [-0.4, -0.2) is 67.1 Å². The topological polar surface area (TPSA) is 122 Å². The number of nitrogens with one attached hydrogen (secondary N) is 1. The summed E-state index contributed by atoms with van der Waals surface area (Å²) in [7, 11) is -3.17. The van der Waals surface area contributed by atoms with Crippen LogP contribution in [0.5, 0.6) is 0 Å². The molecule has 10 heteroatoms. The first kappa shape index (κ1) is 18.4. The van der Waals surface area contributed by atoms with Crippen molar-refractivity contribution in [2.45, 2.75) is 45.3 Å². The van der Waals surface area contributed by atoms with Crippen LogP contribution in [0.3, 0.4) is 0 Å². The summed E-state index contributed by atoms with van der Waals surface area (Å²) in [6, 6.07) is -0.550.